The molecule has 0 bridgehead atoms. The van der Waals surface area contributed by atoms with Crippen LogP contribution in [-0.4, -0.2) is 16.3 Å². The highest BCUT2D eigenvalue weighted by Gasteiger charge is 2.35. The zero-order chi connectivity index (χ0) is 33.4. The minimum atomic E-state index is -0.890. The molecule has 0 aromatic heterocycles. The van der Waals surface area contributed by atoms with E-state index in [0.29, 0.717) is 54.8 Å². The van der Waals surface area contributed by atoms with Crippen molar-refractivity contribution in [3.63, 3.8) is 0 Å². The Morgan fingerprint density at radius 1 is 0.551 bits per heavy atom. The summed E-state index contributed by atoms with van der Waals surface area (Å²) in [7, 11) is 0. The van der Waals surface area contributed by atoms with Crippen LogP contribution >= 0.6 is 0 Å². The second-order valence-corrected chi connectivity index (χ2v) is 12.2. The van der Waals surface area contributed by atoms with Crippen molar-refractivity contribution in [3.05, 3.63) is 185 Å². The van der Waals surface area contributed by atoms with Gasteiger partial charge in [-0.2, -0.15) is 0 Å². The van der Waals surface area contributed by atoms with Crippen molar-refractivity contribution in [1.82, 2.24) is 0 Å². The van der Waals surface area contributed by atoms with Gasteiger partial charge < -0.3 is 29.2 Å². The van der Waals surface area contributed by atoms with Gasteiger partial charge in [0.05, 0.1) is 6.10 Å². The van der Waals surface area contributed by atoms with E-state index in [2.05, 4.69) is 0 Å². The molecule has 49 heavy (non-hydrogen) atoms. The molecule has 2 atom stereocenters. The lowest BCUT2D eigenvalue weighted by molar-refractivity contribution is 0.0186. The number of rotatable bonds is 12. The Morgan fingerprint density at radius 3 is 1.59 bits per heavy atom. The topological polar surface area (TPSA) is 77.4 Å². The smallest absolute Gasteiger partial charge is 0.162 e. The fourth-order valence-corrected chi connectivity index (χ4v) is 6.10. The Morgan fingerprint density at radius 2 is 1.04 bits per heavy atom. The predicted molar refractivity (Wildman–Crippen MR) is 189 cm³/mol. The van der Waals surface area contributed by atoms with Crippen LogP contribution in [0.4, 0.5) is 0 Å². The van der Waals surface area contributed by atoms with E-state index in [1.807, 2.05) is 140 Å². The van der Waals surface area contributed by atoms with Gasteiger partial charge in [-0.1, -0.05) is 127 Å². The number of phenols is 1. The second kappa shape index (κ2) is 15.0. The molecule has 1 heterocycles. The van der Waals surface area contributed by atoms with Gasteiger partial charge in [-0.15, -0.1) is 0 Å². The average molecular weight is 651 g/mol. The lowest BCUT2D eigenvalue weighted by Crippen LogP contribution is -2.31. The monoisotopic (exact) mass is 650 g/mol. The van der Waals surface area contributed by atoms with Crippen LogP contribution in [0.1, 0.15) is 45.0 Å². The summed E-state index contributed by atoms with van der Waals surface area (Å²) in [6, 6.07) is 47.0. The van der Waals surface area contributed by atoms with Crippen molar-refractivity contribution in [1.29, 1.82) is 0 Å². The minimum Gasteiger partial charge on any atom is -0.507 e. The summed E-state index contributed by atoms with van der Waals surface area (Å²) in [5, 5.41) is 23.0. The molecule has 1 aliphatic rings. The number of benzene rings is 6. The van der Waals surface area contributed by atoms with Gasteiger partial charge in [-0.05, 0) is 39.9 Å². The van der Waals surface area contributed by atoms with Crippen LogP contribution in [0, 0.1) is 0 Å². The Bertz CT molecular complexity index is 1960. The summed E-state index contributed by atoms with van der Waals surface area (Å²) in [5.41, 5.74) is 6.19. The SMILES string of the molecule is Oc1cc(OCc2ccccc2)c2c(c1Cc1ccccc1)O[C@H](c1ccc(OCc3ccccc3)c(OCc3ccccc3)c1)[C@@H](O)C2. The molecule has 0 radical (unpaired) electrons. The molecular formula is C43H38O6. The molecule has 6 heteroatoms. The number of aliphatic hydroxyl groups excluding tert-OH is 1. The van der Waals surface area contributed by atoms with Crippen LogP contribution in [0.5, 0.6) is 28.7 Å². The Labute approximate surface area is 286 Å². The average Bonchev–Trinajstić information content (AvgIpc) is 3.15. The van der Waals surface area contributed by atoms with Gasteiger partial charge >= 0.3 is 0 Å². The zero-order valence-corrected chi connectivity index (χ0v) is 27.1. The first-order valence-corrected chi connectivity index (χ1v) is 16.5. The lowest BCUT2D eigenvalue weighted by Gasteiger charge is -2.34. The van der Waals surface area contributed by atoms with Crippen LogP contribution in [-0.2, 0) is 32.7 Å². The van der Waals surface area contributed by atoms with Crippen LogP contribution in [0.25, 0.3) is 0 Å². The molecule has 0 fully saturated rings. The lowest BCUT2D eigenvalue weighted by atomic mass is 9.90. The van der Waals surface area contributed by atoms with Gasteiger partial charge in [0.2, 0.25) is 0 Å². The number of phenolic OH excluding ortho intramolecular Hbond substituents is 1. The molecular weight excluding hydrogens is 612 g/mol. The van der Waals surface area contributed by atoms with E-state index in [1.54, 1.807) is 6.07 Å². The van der Waals surface area contributed by atoms with Crippen molar-refractivity contribution in [2.75, 3.05) is 0 Å². The fraction of sp³-hybridized carbons (Fsp3) is 0.163. The van der Waals surface area contributed by atoms with Crippen molar-refractivity contribution in [2.45, 2.75) is 44.9 Å². The molecule has 6 aromatic carbocycles. The van der Waals surface area contributed by atoms with E-state index in [1.165, 1.54) is 0 Å². The molecule has 0 unspecified atom stereocenters. The Hall–Kier alpha value is -5.72. The first kappa shape index (κ1) is 31.9. The van der Waals surface area contributed by atoms with E-state index in [-0.39, 0.29) is 12.2 Å². The van der Waals surface area contributed by atoms with E-state index in [4.69, 9.17) is 18.9 Å². The molecule has 7 rings (SSSR count). The third-order valence-electron chi connectivity index (χ3n) is 8.66. The highest BCUT2D eigenvalue weighted by Crippen LogP contribution is 2.47. The Balaban J connectivity index is 1.22. The molecule has 0 saturated heterocycles. The minimum absolute atomic E-state index is 0.0809. The number of hydrogen-bond donors (Lipinski definition) is 2. The predicted octanol–water partition coefficient (Wildman–Crippen LogP) is 8.76. The van der Waals surface area contributed by atoms with Crippen LogP contribution in [0.2, 0.25) is 0 Å². The van der Waals surface area contributed by atoms with E-state index in [9.17, 15) is 10.2 Å². The summed E-state index contributed by atoms with van der Waals surface area (Å²) in [6.07, 6.45) is -0.889. The molecule has 1 aliphatic heterocycles. The summed E-state index contributed by atoms with van der Waals surface area (Å²) in [5.74, 6) is 2.23. The standard InChI is InChI=1S/C43H38O6/c44-37-26-40(47-28-32-17-9-3-10-18-32)36-25-38(45)42(49-43(36)35(37)23-30-13-5-1-6-14-30)34-21-22-39(46-27-31-15-7-2-8-16-31)41(24-34)48-29-33-19-11-4-12-20-33/h1-22,24,26,38,42,44-45H,23,25,27-29H2/t38-,42+/m0/s1. The van der Waals surface area contributed by atoms with Crippen LogP contribution < -0.4 is 18.9 Å². The summed E-state index contributed by atoms with van der Waals surface area (Å²) >= 11 is 0. The maximum atomic E-state index is 11.6. The molecule has 2 N–H and O–H groups in total. The van der Waals surface area contributed by atoms with Crippen LogP contribution in [0.15, 0.2) is 146 Å². The molecule has 0 amide bonds. The van der Waals surface area contributed by atoms with Gasteiger partial charge in [-0.25, -0.2) is 0 Å². The number of ether oxygens (including phenoxy) is 4. The van der Waals surface area contributed by atoms with Gasteiger partial charge in [0.25, 0.3) is 0 Å². The third kappa shape index (κ3) is 7.72. The number of hydrogen-bond acceptors (Lipinski definition) is 6. The fourth-order valence-electron chi connectivity index (χ4n) is 6.10. The quantitative estimate of drug-likeness (QED) is 0.138. The van der Waals surface area contributed by atoms with E-state index < -0.39 is 12.2 Å². The van der Waals surface area contributed by atoms with E-state index in [0.717, 1.165) is 33.4 Å². The normalized spacial score (nSPS) is 15.1. The molecule has 6 aromatic rings. The number of fused-ring (bicyclic) bond motifs is 1. The van der Waals surface area contributed by atoms with Crippen molar-refractivity contribution < 1.29 is 29.2 Å². The van der Waals surface area contributed by atoms with Gasteiger partial charge in [0.1, 0.15) is 43.2 Å². The maximum Gasteiger partial charge on any atom is 0.162 e. The van der Waals surface area contributed by atoms with Gasteiger partial charge in [0, 0.05) is 30.0 Å². The first-order valence-electron chi connectivity index (χ1n) is 16.5. The van der Waals surface area contributed by atoms with Crippen molar-refractivity contribution in [3.8, 4) is 28.7 Å². The van der Waals surface area contributed by atoms with Crippen LogP contribution in [0.3, 0.4) is 0 Å². The van der Waals surface area contributed by atoms with E-state index >= 15 is 0 Å². The molecule has 246 valence electrons. The van der Waals surface area contributed by atoms with Gasteiger partial charge in [0.15, 0.2) is 11.5 Å². The maximum absolute atomic E-state index is 11.6. The summed E-state index contributed by atoms with van der Waals surface area (Å²) < 4.78 is 25.5. The largest absolute Gasteiger partial charge is 0.507 e. The van der Waals surface area contributed by atoms with Crippen molar-refractivity contribution >= 4 is 0 Å². The molecule has 0 aliphatic carbocycles. The number of aliphatic hydroxyl groups is 1. The number of aromatic hydroxyl groups is 1. The summed E-state index contributed by atoms with van der Waals surface area (Å²) in [4.78, 5) is 0. The highest BCUT2D eigenvalue weighted by atomic mass is 16.5. The molecule has 0 saturated carbocycles. The van der Waals surface area contributed by atoms with Crippen molar-refractivity contribution in [2.24, 2.45) is 0 Å². The highest BCUT2D eigenvalue weighted by molar-refractivity contribution is 5.60. The second-order valence-electron chi connectivity index (χ2n) is 12.2. The molecule has 6 nitrogen and oxygen atoms in total. The van der Waals surface area contributed by atoms with Gasteiger partial charge in [-0.3, -0.25) is 0 Å². The zero-order valence-electron chi connectivity index (χ0n) is 27.1. The first-order chi connectivity index (χ1) is 24.1. The Kier molecular flexibility index (Phi) is 9.76. The summed E-state index contributed by atoms with van der Waals surface area (Å²) in [6.45, 7) is 1.04. The third-order valence-corrected chi connectivity index (χ3v) is 8.66. The molecule has 0 spiro atoms.